The lowest BCUT2D eigenvalue weighted by molar-refractivity contribution is -0.137. The van der Waals surface area contributed by atoms with Gasteiger partial charge in [0.25, 0.3) is 0 Å². The zero-order valence-electron chi connectivity index (χ0n) is 9.87. The van der Waals surface area contributed by atoms with Crippen LogP contribution >= 0.6 is 0 Å². The molecule has 0 N–H and O–H groups in total. The van der Waals surface area contributed by atoms with Gasteiger partial charge in [-0.05, 0) is 19.3 Å². The molecule has 0 fully saturated rings. The van der Waals surface area contributed by atoms with E-state index in [4.69, 9.17) is 4.74 Å². The van der Waals surface area contributed by atoms with Crippen LogP contribution in [0.5, 0.6) is 0 Å². The van der Waals surface area contributed by atoms with Gasteiger partial charge in [-0.1, -0.05) is 44.9 Å². The third-order valence-corrected chi connectivity index (χ3v) is 1.90. The molecule has 0 aromatic rings. The minimum Gasteiger partial charge on any atom is -0.463 e. The first-order valence-corrected chi connectivity index (χ1v) is 5.81. The molecule has 15 heavy (non-hydrogen) atoms. The maximum atomic E-state index is 11.0. The third kappa shape index (κ3) is 10.9. The lowest BCUT2D eigenvalue weighted by atomic mass is 10.2. The van der Waals surface area contributed by atoms with E-state index in [9.17, 15) is 4.79 Å². The highest BCUT2D eigenvalue weighted by atomic mass is 16.5. The van der Waals surface area contributed by atoms with E-state index in [0.717, 1.165) is 12.8 Å². The SMILES string of the molecule is CCCCC/C=C/C=C\C(=O)OCCC. The lowest BCUT2D eigenvalue weighted by Crippen LogP contribution is -2.00. The Balaban J connectivity index is 3.46. The summed E-state index contributed by atoms with van der Waals surface area (Å²) >= 11 is 0. The van der Waals surface area contributed by atoms with Crippen molar-refractivity contribution >= 4 is 5.97 Å². The van der Waals surface area contributed by atoms with Gasteiger partial charge in [-0.3, -0.25) is 0 Å². The Kier molecular flexibility index (Phi) is 10.3. The Labute approximate surface area is 93.0 Å². The largest absolute Gasteiger partial charge is 0.463 e. The molecule has 0 saturated heterocycles. The molecule has 0 aliphatic rings. The summed E-state index contributed by atoms with van der Waals surface area (Å²) in [5, 5.41) is 0. The Morgan fingerprint density at radius 3 is 2.60 bits per heavy atom. The molecule has 0 atom stereocenters. The molecular weight excluding hydrogens is 188 g/mol. The number of unbranched alkanes of at least 4 members (excludes halogenated alkanes) is 3. The fourth-order valence-corrected chi connectivity index (χ4v) is 1.07. The van der Waals surface area contributed by atoms with Gasteiger partial charge in [0.2, 0.25) is 0 Å². The fourth-order valence-electron chi connectivity index (χ4n) is 1.07. The number of carbonyl (C=O) groups excluding carboxylic acids is 1. The van der Waals surface area contributed by atoms with Gasteiger partial charge in [0.15, 0.2) is 0 Å². The first-order chi connectivity index (χ1) is 7.31. The molecule has 2 heteroatoms. The monoisotopic (exact) mass is 210 g/mol. The van der Waals surface area contributed by atoms with Gasteiger partial charge < -0.3 is 4.74 Å². The van der Waals surface area contributed by atoms with E-state index in [-0.39, 0.29) is 5.97 Å². The second-order valence-corrected chi connectivity index (χ2v) is 3.45. The molecule has 0 heterocycles. The van der Waals surface area contributed by atoms with Gasteiger partial charge in [-0.25, -0.2) is 4.79 Å². The predicted octanol–water partition coefficient (Wildman–Crippen LogP) is 3.63. The maximum Gasteiger partial charge on any atom is 0.330 e. The summed E-state index contributed by atoms with van der Waals surface area (Å²) in [6.07, 6.45) is 12.9. The summed E-state index contributed by atoms with van der Waals surface area (Å²) in [5.41, 5.74) is 0. The van der Waals surface area contributed by atoms with Crippen LogP contribution in [0.1, 0.15) is 46.0 Å². The molecule has 0 aromatic carbocycles. The Hall–Kier alpha value is -1.05. The standard InChI is InChI=1S/C13H22O2/c1-3-5-6-7-8-9-10-11-13(14)15-12-4-2/h8-11H,3-7,12H2,1-2H3/b9-8+,11-10-. The second-order valence-electron chi connectivity index (χ2n) is 3.45. The first-order valence-electron chi connectivity index (χ1n) is 5.81. The molecule has 0 aliphatic carbocycles. The Bertz CT molecular complexity index is 205. The molecular formula is C13H22O2. The van der Waals surface area contributed by atoms with Crippen LogP contribution in [0.3, 0.4) is 0 Å². The molecule has 0 amide bonds. The van der Waals surface area contributed by atoms with E-state index in [1.165, 1.54) is 25.3 Å². The summed E-state index contributed by atoms with van der Waals surface area (Å²) in [6.45, 7) is 4.67. The normalized spacial score (nSPS) is 11.3. The van der Waals surface area contributed by atoms with E-state index in [1.54, 1.807) is 6.08 Å². The number of hydrogen-bond donors (Lipinski definition) is 0. The van der Waals surface area contributed by atoms with Crippen molar-refractivity contribution in [1.29, 1.82) is 0 Å². The van der Waals surface area contributed by atoms with Crippen LogP contribution in [0.4, 0.5) is 0 Å². The Morgan fingerprint density at radius 2 is 1.93 bits per heavy atom. The smallest absolute Gasteiger partial charge is 0.330 e. The van der Waals surface area contributed by atoms with Crippen LogP contribution < -0.4 is 0 Å². The van der Waals surface area contributed by atoms with Crippen molar-refractivity contribution in [3.8, 4) is 0 Å². The molecule has 0 radical (unpaired) electrons. The highest BCUT2D eigenvalue weighted by Gasteiger charge is 1.91. The Morgan fingerprint density at radius 1 is 1.13 bits per heavy atom. The van der Waals surface area contributed by atoms with Crippen molar-refractivity contribution in [2.75, 3.05) is 6.61 Å². The van der Waals surface area contributed by atoms with Crippen LogP contribution in [0.15, 0.2) is 24.3 Å². The van der Waals surface area contributed by atoms with E-state index >= 15 is 0 Å². The quantitative estimate of drug-likeness (QED) is 0.265. The van der Waals surface area contributed by atoms with E-state index in [2.05, 4.69) is 13.0 Å². The zero-order chi connectivity index (χ0) is 11.4. The summed E-state index contributed by atoms with van der Waals surface area (Å²) < 4.78 is 4.88. The van der Waals surface area contributed by atoms with Crippen molar-refractivity contribution < 1.29 is 9.53 Å². The van der Waals surface area contributed by atoms with Gasteiger partial charge >= 0.3 is 5.97 Å². The van der Waals surface area contributed by atoms with Crippen LogP contribution in [0.2, 0.25) is 0 Å². The highest BCUT2D eigenvalue weighted by Crippen LogP contribution is 1.99. The summed E-state index contributed by atoms with van der Waals surface area (Å²) in [7, 11) is 0. The zero-order valence-corrected chi connectivity index (χ0v) is 9.87. The van der Waals surface area contributed by atoms with Crippen molar-refractivity contribution in [2.45, 2.75) is 46.0 Å². The minimum atomic E-state index is -0.255. The molecule has 0 aliphatic heterocycles. The molecule has 0 aromatic heterocycles. The highest BCUT2D eigenvalue weighted by molar-refractivity contribution is 5.82. The molecule has 0 unspecified atom stereocenters. The van der Waals surface area contributed by atoms with Gasteiger partial charge in [-0.2, -0.15) is 0 Å². The predicted molar refractivity (Wildman–Crippen MR) is 63.7 cm³/mol. The van der Waals surface area contributed by atoms with Crippen LogP contribution in [-0.4, -0.2) is 12.6 Å². The maximum absolute atomic E-state index is 11.0. The molecule has 0 bridgehead atoms. The number of ether oxygens (including phenoxy) is 1. The van der Waals surface area contributed by atoms with E-state index in [1.807, 2.05) is 13.0 Å². The summed E-state index contributed by atoms with van der Waals surface area (Å²) in [6, 6.07) is 0. The van der Waals surface area contributed by atoms with E-state index < -0.39 is 0 Å². The topological polar surface area (TPSA) is 26.3 Å². The molecule has 0 saturated carbocycles. The molecule has 86 valence electrons. The number of hydrogen-bond acceptors (Lipinski definition) is 2. The summed E-state index contributed by atoms with van der Waals surface area (Å²) in [4.78, 5) is 11.0. The molecule has 0 spiro atoms. The van der Waals surface area contributed by atoms with Crippen molar-refractivity contribution in [3.63, 3.8) is 0 Å². The number of carbonyl (C=O) groups is 1. The number of allylic oxidation sites excluding steroid dienone is 3. The molecule has 2 nitrogen and oxygen atoms in total. The average molecular weight is 210 g/mol. The minimum absolute atomic E-state index is 0.255. The third-order valence-electron chi connectivity index (χ3n) is 1.90. The second kappa shape index (κ2) is 11.0. The number of rotatable bonds is 8. The van der Waals surface area contributed by atoms with E-state index in [0.29, 0.717) is 6.61 Å². The van der Waals surface area contributed by atoms with Crippen molar-refractivity contribution in [1.82, 2.24) is 0 Å². The number of esters is 1. The summed E-state index contributed by atoms with van der Waals surface area (Å²) in [5.74, 6) is -0.255. The molecule has 0 rings (SSSR count). The fraction of sp³-hybridized carbons (Fsp3) is 0.615. The van der Waals surface area contributed by atoms with Crippen LogP contribution in [-0.2, 0) is 9.53 Å². The van der Waals surface area contributed by atoms with Gasteiger partial charge in [0.05, 0.1) is 6.61 Å². The lowest BCUT2D eigenvalue weighted by Gasteiger charge is -1.95. The van der Waals surface area contributed by atoms with Crippen LogP contribution in [0, 0.1) is 0 Å². The van der Waals surface area contributed by atoms with Crippen LogP contribution in [0.25, 0.3) is 0 Å². The van der Waals surface area contributed by atoms with Gasteiger partial charge in [0.1, 0.15) is 0 Å². The van der Waals surface area contributed by atoms with Gasteiger partial charge in [-0.15, -0.1) is 0 Å². The van der Waals surface area contributed by atoms with Crippen molar-refractivity contribution in [2.24, 2.45) is 0 Å². The average Bonchev–Trinajstić information content (AvgIpc) is 2.25. The first kappa shape index (κ1) is 13.9. The van der Waals surface area contributed by atoms with Crippen molar-refractivity contribution in [3.05, 3.63) is 24.3 Å². The van der Waals surface area contributed by atoms with Gasteiger partial charge in [0, 0.05) is 6.08 Å².